The van der Waals surface area contributed by atoms with Gasteiger partial charge >= 0.3 is 0 Å². The number of aromatic nitrogens is 4. The number of hydrogen-bond donors (Lipinski definition) is 0. The molecular weight excluding hydrogens is 224 g/mol. The molecule has 4 heteroatoms. The van der Waals surface area contributed by atoms with Gasteiger partial charge in [-0.1, -0.05) is 12.1 Å². The molecule has 3 aromatic rings. The Kier molecular flexibility index (Phi) is 2.84. The van der Waals surface area contributed by atoms with E-state index in [1.807, 2.05) is 47.3 Å². The van der Waals surface area contributed by atoms with Crippen LogP contribution in [0.15, 0.2) is 55.0 Å². The van der Waals surface area contributed by atoms with Crippen molar-refractivity contribution in [3.63, 3.8) is 0 Å². The lowest BCUT2D eigenvalue weighted by atomic mass is 10.3. The highest BCUT2D eigenvalue weighted by molar-refractivity contribution is 5.52. The summed E-state index contributed by atoms with van der Waals surface area (Å²) < 4.78 is 1.85. The summed E-state index contributed by atoms with van der Waals surface area (Å²) in [5, 5.41) is 4.48. The summed E-state index contributed by atoms with van der Waals surface area (Å²) in [6.45, 7) is 0.654. The van der Waals surface area contributed by atoms with Crippen LogP contribution in [-0.4, -0.2) is 19.7 Å². The van der Waals surface area contributed by atoms with E-state index in [1.165, 1.54) is 0 Å². The predicted molar refractivity (Wildman–Crippen MR) is 67.6 cm³/mol. The Morgan fingerprint density at radius 1 is 1.06 bits per heavy atom. The van der Waals surface area contributed by atoms with Gasteiger partial charge in [0.15, 0.2) is 0 Å². The van der Waals surface area contributed by atoms with Gasteiger partial charge in [-0.05, 0) is 24.3 Å². The molecule has 4 nitrogen and oxygen atoms in total. The van der Waals surface area contributed by atoms with Crippen LogP contribution in [0.4, 0.5) is 0 Å². The van der Waals surface area contributed by atoms with Crippen molar-refractivity contribution in [1.29, 1.82) is 0 Å². The molecule has 1 radical (unpaired) electrons. The Hall–Kier alpha value is -2.49. The lowest BCUT2D eigenvalue weighted by Crippen LogP contribution is -2.02. The second kappa shape index (κ2) is 4.79. The minimum atomic E-state index is 0.654. The van der Waals surface area contributed by atoms with E-state index in [4.69, 9.17) is 0 Å². The molecule has 0 saturated heterocycles. The highest BCUT2D eigenvalue weighted by Gasteiger charge is 2.03. The maximum Gasteiger partial charge on any atom is 0.111 e. The molecule has 3 aromatic heterocycles. The van der Waals surface area contributed by atoms with Gasteiger partial charge in [-0.25, -0.2) is 0 Å². The molecule has 87 valence electrons. The van der Waals surface area contributed by atoms with E-state index in [9.17, 15) is 0 Å². The van der Waals surface area contributed by atoms with Crippen LogP contribution in [0.5, 0.6) is 0 Å². The van der Waals surface area contributed by atoms with Gasteiger partial charge < -0.3 is 0 Å². The van der Waals surface area contributed by atoms with Crippen molar-refractivity contribution < 1.29 is 0 Å². The zero-order valence-electron chi connectivity index (χ0n) is 9.69. The average Bonchev–Trinajstić information content (AvgIpc) is 2.89. The Bertz CT molecular complexity index is 617. The van der Waals surface area contributed by atoms with Crippen LogP contribution in [0.1, 0.15) is 5.69 Å². The van der Waals surface area contributed by atoms with E-state index >= 15 is 0 Å². The largest absolute Gasteiger partial charge is 0.266 e. The zero-order chi connectivity index (χ0) is 12.2. The fourth-order valence-corrected chi connectivity index (χ4v) is 1.71. The lowest BCUT2D eigenvalue weighted by Gasteiger charge is -2.00. The van der Waals surface area contributed by atoms with Crippen molar-refractivity contribution in [3.05, 3.63) is 66.7 Å². The Balaban J connectivity index is 1.82. The molecule has 3 rings (SSSR count). The highest BCUT2D eigenvalue weighted by Crippen LogP contribution is 2.13. The molecule has 0 amide bonds. The van der Waals surface area contributed by atoms with Crippen molar-refractivity contribution in [1.82, 2.24) is 19.7 Å². The van der Waals surface area contributed by atoms with E-state index in [1.54, 1.807) is 12.4 Å². The van der Waals surface area contributed by atoms with E-state index < -0.39 is 0 Å². The van der Waals surface area contributed by atoms with Gasteiger partial charge in [0.05, 0.1) is 17.9 Å². The van der Waals surface area contributed by atoms with Gasteiger partial charge in [-0.2, -0.15) is 5.10 Å². The summed E-state index contributed by atoms with van der Waals surface area (Å²) in [4.78, 5) is 8.50. The second-order valence-electron chi connectivity index (χ2n) is 3.86. The van der Waals surface area contributed by atoms with Gasteiger partial charge in [0.2, 0.25) is 0 Å². The van der Waals surface area contributed by atoms with Crippen LogP contribution in [-0.2, 0) is 6.54 Å². The third kappa shape index (κ3) is 2.27. The van der Waals surface area contributed by atoms with Crippen molar-refractivity contribution >= 4 is 0 Å². The quantitative estimate of drug-likeness (QED) is 0.699. The first-order valence-corrected chi connectivity index (χ1v) is 5.68. The smallest absolute Gasteiger partial charge is 0.111 e. The summed E-state index contributed by atoms with van der Waals surface area (Å²) >= 11 is 0. The van der Waals surface area contributed by atoms with Gasteiger partial charge in [0.1, 0.15) is 5.69 Å². The molecule has 0 atom stereocenters. The predicted octanol–water partition coefficient (Wildman–Crippen LogP) is 2.19. The first-order valence-electron chi connectivity index (χ1n) is 5.68. The van der Waals surface area contributed by atoms with Crippen LogP contribution >= 0.6 is 0 Å². The van der Waals surface area contributed by atoms with Gasteiger partial charge in [0, 0.05) is 24.7 Å². The number of pyridine rings is 2. The standard InChI is InChI=1S/C14H11N4/c1-3-8-15-12(5-1)11-18-10-7-14(17-18)13-6-2-4-9-16-13/h1-2,4-10H,11H2. The van der Waals surface area contributed by atoms with Crippen molar-refractivity contribution in [2.24, 2.45) is 0 Å². The van der Waals surface area contributed by atoms with Gasteiger partial charge in [-0.3, -0.25) is 14.6 Å². The first kappa shape index (κ1) is 10.7. The van der Waals surface area contributed by atoms with Crippen molar-refractivity contribution in [2.45, 2.75) is 6.54 Å². The van der Waals surface area contributed by atoms with E-state index in [0.29, 0.717) is 6.54 Å². The van der Waals surface area contributed by atoms with E-state index in [2.05, 4.69) is 21.1 Å². The van der Waals surface area contributed by atoms with E-state index in [-0.39, 0.29) is 0 Å². The summed E-state index contributed by atoms with van der Waals surface area (Å²) in [7, 11) is 0. The monoisotopic (exact) mass is 235 g/mol. The maximum absolute atomic E-state index is 4.48. The zero-order valence-corrected chi connectivity index (χ0v) is 9.69. The summed E-state index contributed by atoms with van der Waals surface area (Å²) in [5.74, 6) is 0. The fraction of sp³-hybridized carbons (Fsp3) is 0.0714. The maximum atomic E-state index is 4.48. The second-order valence-corrected chi connectivity index (χ2v) is 3.86. The highest BCUT2D eigenvalue weighted by atomic mass is 15.3. The van der Waals surface area contributed by atoms with Crippen molar-refractivity contribution in [3.8, 4) is 11.4 Å². The Morgan fingerprint density at radius 2 is 2.06 bits per heavy atom. The molecule has 0 aliphatic carbocycles. The molecule has 0 fully saturated rings. The molecule has 0 unspecified atom stereocenters. The molecule has 0 spiro atoms. The molecule has 3 heterocycles. The van der Waals surface area contributed by atoms with Crippen LogP contribution in [0, 0.1) is 6.07 Å². The van der Waals surface area contributed by atoms with Crippen LogP contribution in [0.3, 0.4) is 0 Å². The first-order chi connectivity index (χ1) is 8.92. The number of rotatable bonds is 3. The summed E-state index contributed by atoms with van der Waals surface area (Å²) in [5.41, 5.74) is 2.72. The molecule has 0 aromatic carbocycles. The molecule has 0 bridgehead atoms. The molecular formula is C14H11N4. The van der Waals surface area contributed by atoms with E-state index in [0.717, 1.165) is 17.1 Å². The van der Waals surface area contributed by atoms with Crippen molar-refractivity contribution in [2.75, 3.05) is 0 Å². The summed E-state index contributed by atoms with van der Waals surface area (Å²) in [6.07, 6.45) is 5.36. The fourth-order valence-electron chi connectivity index (χ4n) is 1.71. The Morgan fingerprint density at radius 3 is 2.83 bits per heavy atom. The molecule has 0 N–H and O–H groups in total. The van der Waals surface area contributed by atoms with Crippen LogP contribution in [0.2, 0.25) is 0 Å². The molecule has 0 saturated carbocycles. The minimum Gasteiger partial charge on any atom is -0.266 e. The SMILES string of the molecule is [c]1ccc(Cn2ccc(-c3ccccn3)n2)nc1. The topological polar surface area (TPSA) is 43.6 Å². The molecule has 0 aliphatic heterocycles. The average molecular weight is 235 g/mol. The van der Waals surface area contributed by atoms with Gasteiger partial charge in [-0.15, -0.1) is 0 Å². The molecule has 0 aliphatic rings. The number of hydrogen-bond acceptors (Lipinski definition) is 3. The number of nitrogens with zero attached hydrogens (tertiary/aromatic N) is 4. The Labute approximate surface area is 105 Å². The normalized spacial score (nSPS) is 10.4. The summed E-state index contributed by atoms with van der Waals surface area (Å²) in [6, 6.07) is 14.4. The molecule has 18 heavy (non-hydrogen) atoms. The third-order valence-corrected chi connectivity index (χ3v) is 2.57. The minimum absolute atomic E-state index is 0.654. The third-order valence-electron chi connectivity index (χ3n) is 2.57. The van der Waals surface area contributed by atoms with Crippen LogP contribution < -0.4 is 0 Å². The van der Waals surface area contributed by atoms with Gasteiger partial charge in [0.25, 0.3) is 0 Å². The lowest BCUT2D eigenvalue weighted by molar-refractivity contribution is 0.674. The van der Waals surface area contributed by atoms with Crippen LogP contribution in [0.25, 0.3) is 11.4 Å².